The number of benzene rings is 1. The predicted octanol–water partition coefficient (Wildman–Crippen LogP) is 3.74. The monoisotopic (exact) mass is 424 g/mol. The lowest BCUT2D eigenvalue weighted by atomic mass is 9.98. The first-order valence-electron chi connectivity index (χ1n) is 8.64. The molecule has 158 valence electrons. The molecule has 0 radical (unpaired) electrons. The summed E-state index contributed by atoms with van der Waals surface area (Å²) in [7, 11) is 1.10. The van der Waals surface area contributed by atoms with Crippen LogP contribution >= 0.6 is 0 Å². The smallest absolute Gasteiger partial charge is 0.416 e. The Labute approximate surface area is 167 Å². The fourth-order valence-corrected chi connectivity index (χ4v) is 2.99. The van der Waals surface area contributed by atoms with Crippen LogP contribution in [0.1, 0.15) is 40.4 Å². The number of aromatic nitrogens is 3. The molecule has 0 aliphatic carbocycles. The van der Waals surface area contributed by atoms with Gasteiger partial charge in [0.1, 0.15) is 5.82 Å². The summed E-state index contributed by atoms with van der Waals surface area (Å²) in [5.74, 6) is -1.77. The molecule has 2 N–H and O–H groups in total. The number of H-pyrrole nitrogens is 1. The van der Waals surface area contributed by atoms with Gasteiger partial charge in [0.15, 0.2) is 5.69 Å². The first kappa shape index (κ1) is 21.2. The van der Waals surface area contributed by atoms with Crippen LogP contribution in [0.5, 0.6) is 0 Å². The normalized spacial score (nSPS) is 12.6. The van der Waals surface area contributed by atoms with Gasteiger partial charge in [-0.1, -0.05) is 0 Å². The van der Waals surface area contributed by atoms with Gasteiger partial charge in [-0.05, 0) is 43.7 Å². The molecule has 2 heterocycles. The molecule has 0 aliphatic rings. The molecule has 0 bridgehead atoms. The van der Waals surface area contributed by atoms with Gasteiger partial charge in [0.25, 0.3) is 5.56 Å². The summed E-state index contributed by atoms with van der Waals surface area (Å²) in [5.41, 5.74) is -2.48. The summed E-state index contributed by atoms with van der Waals surface area (Å²) in [4.78, 5) is 33.4. The van der Waals surface area contributed by atoms with Gasteiger partial charge in [0.2, 0.25) is 5.95 Å². The topological polar surface area (TPSA) is 97.0 Å². The molecule has 0 unspecified atom stereocenters. The number of rotatable bonds is 4. The van der Waals surface area contributed by atoms with Crippen LogP contribution in [0.2, 0.25) is 0 Å². The number of pyridine rings is 1. The molecule has 0 saturated carbocycles. The number of carbonyl (C=O) groups excluding carboxylic acids is 1. The Kier molecular flexibility index (Phi) is 5.47. The summed E-state index contributed by atoms with van der Waals surface area (Å²) in [6.07, 6.45) is -4.73. The lowest BCUT2D eigenvalue weighted by Gasteiger charge is -2.21. The number of fused-ring (bicyclic) bond motifs is 1. The largest absolute Gasteiger partial charge is 0.464 e. The number of halogens is 4. The minimum absolute atomic E-state index is 0.0307. The van der Waals surface area contributed by atoms with E-state index in [4.69, 9.17) is 0 Å². The molecule has 3 aromatic rings. The highest BCUT2D eigenvalue weighted by Crippen LogP contribution is 2.37. The van der Waals surface area contributed by atoms with Crippen LogP contribution in [-0.4, -0.2) is 28.0 Å². The second-order valence-corrected chi connectivity index (χ2v) is 6.50. The Morgan fingerprint density at radius 3 is 2.53 bits per heavy atom. The Hall–Kier alpha value is -3.50. The van der Waals surface area contributed by atoms with Gasteiger partial charge >= 0.3 is 12.1 Å². The van der Waals surface area contributed by atoms with Gasteiger partial charge < -0.3 is 15.0 Å². The number of alkyl halides is 3. The summed E-state index contributed by atoms with van der Waals surface area (Å²) in [5, 5.41) is 2.57. The third-order valence-electron chi connectivity index (χ3n) is 4.38. The molecule has 1 atom stereocenters. The zero-order valence-electron chi connectivity index (χ0n) is 16.0. The third kappa shape index (κ3) is 4.09. The summed E-state index contributed by atoms with van der Waals surface area (Å²) >= 11 is 0. The lowest BCUT2D eigenvalue weighted by molar-refractivity contribution is -0.138. The SMILES string of the molecule is COC(=O)c1ccc(N[C@@H](C)c2cc3c(=O)[nH]c(C)nc3cc2C(F)(F)F)c(F)n1. The van der Waals surface area contributed by atoms with E-state index >= 15 is 0 Å². The maximum atomic E-state index is 14.3. The van der Waals surface area contributed by atoms with Crippen LogP contribution < -0.4 is 10.9 Å². The molecule has 2 aromatic heterocycles. The summed E-state index contributed by atoms with van der Waals surface area (Å²) in [6.45, 7) is 2.83. The van der Waals surface area contributed by atoms with Crippen molar-refractivity contribution in [2.45, 2.75) is 26.1 Å². The van der Waals surface area contributed by atoms with Gasteiger partial charge in [-0.25, -0.2) is 14.8 Å². The minimum atomic E-state index is -4.73. The van der Waals surface area contributed by atoms with E-state index in [9.17, 15) is 27.2 Å². The fraction of sp³-hybridized carbons (Fsp3) is 0.263. The minimum Gasteiger partial charge on any atom is -0.464 e. The van der Waals surface area contributed by atoms with Gasteiger partial charge in [-0.3, -0.25) is 4.79 Å². The highest BCUT2D eigenvalue weighted by molar-refractivity contribution is 5.87. The van der Waals surface area contributed by atoms with Crippen LogP contribution in [0.3, 0.4) is 0 Å². The van der Waals surface area contributed by atoms with Gasteiger partial charge in [0.05, 0.1) is 29.3 Å². The van der Waals surface area contributed by atoms with Crippen LogP contribution in [0.4, 0.5) is 23.2 Å². The van der Waals surface area contributed by atoms with Crippen molar-refractivity contribution in [3.8, 4) is 0 Å². The van der Waals surface area contributed by atoms with E-state index in [1.807, 2.05) is 0 Å². The average Bonchev–Trinajstić information content (AvgIpc) is 2.67. The highest BCUT2D eigenvalue weighted by Gasteiger charge is 2.35. The summed E-state index contributed by atoms with van der Waals surface area (Å²) < 4.78 is 59.7. The Balaban J connectivity index is 2.07. The third-order valence-corrected chi connectivity index (χ3v) is 4.38. The van der Waals surface area contributed by atoms with Crippen molar-refractivity contribution >= 4 is 22.6 Å². The molecule has 0 saturated heterocycles. The number of hydrogen-bond donors (Lipinski definition) is 2. The number of hydrogen-bond acceptors (Lipinski definition) is 6. The number of carbonyl (C=O) groups is 1. The molecule has 0 amide bonds. The Bertz CT molecular complexity index is 1190. The van der Waals surface area contributed by atoms with E-state index in [1.54, 1.807) is 0 Å². The van der Waals surface area contributed by atoms with Crippen LogP contribution in [0, 0.1) is 12.9 Å². The predicted molar refractivity (Wildman–Crippen MR) is 99.7 cm³/mol. The molecular formula is C19H16F4N4O3. The van der Waals surface area contributed by atoms with E-state index in [1.165, 1.54) is 19.9 Å². The Morgan fingerprint density at radius 1 is 1.23 bits per heavy atom. The van der Waals surface area contributed by atoms with Crippen LogP contribution in [0.25, 0.3) is 10.9 Å². The van der Waals surface area contributed by atoms with Gasteiger partial charge in [-0.2, -0.15) is 17.6 Å². The maximum Gasteiger partial charge on any atom is 0.416 e. The van der Waals surface area contributed by atoms with Gasteiger partial charge in [-0.15, -0.1) is 0 Å². The van der Waals surface area contributed by atoms with Crippen molar-refractivity contribution < 1.29 is 27.1 Å². The zero-order chi connectivity index (χ0) is 22.2. The summed E-state index contributed by atoms with van der Waals surface area (Å²) in [6, 6.07) is 3.14. The number of aromatic amines is 1. The van der Waals surface area contributed by atoms with Crippen molar-refractivity contribution in [2.75, 3.05) is 12.4 Å². The zero-order valence-corrected chi connectivity index (χ0v) is 16.0. The van der Waals surface area contributed by atoms with Crippen molar-refractivity contribution in [1.82, 2.24) is 15.0 Å². The first-order chi connectivity index (χ1) is 14.0. The molecule has 11 heteroatoms. The Morgan fingerprint density at radius 2 is 1.93 bits per heavy atom. The quantitative estimate of drug-likeness (QED) is 0.376. The second-order valence-electron chi connectivity index (χ2n) is 6.50. The molecular weight excluding hydrogens is 408 g/mol. The second kappa shape index (κ2) is 7.73. The van der Waals surface area contributed by atoms with E-state index in [0.29, 0.717) is 0 Å². The molecule has 30 heavy (non-hydrogen) atoms. The van der Waals surface area contributed by atoms with Crippen LogP contribution in [0.15, 0.2) is 29.1 Å². The number of esters is 1. The van der Waals surface area contributed by atoms with Crippen molar-refractivity contribution in [2.24, 2.45) is 0 Å². The maximum absolute atomic E-state index is 14.3. The first-order valence-corrected chi connectivity index (χ1v) is 8.64. The number of anilines is 1. The van der Waals surface area contributed by atoms with Crippen molar-refractivity contribution in [1.29, 1.82) is 0 Å². The van der Waals surface area contributed by atoms with E-state index < -0.39 is 35.3 Å². The molecule has 1 aromatic carbocycles. The van der Waals surface area contributed by atoms with E-state index in [-0.39, 0.29) is 33.7 Å². The molecule has 3 rings (SSSR count). The standard InChI is InChI=1S/C19H16F4N4O3/c1-8(24-13-4-5-14(18(29)30-3)27-16(13)20)10-6-11-15(7-12(10)19(21,22)23)25-9(2)26-17(11)28/h4-8,24H,1-3H3,(H,25,26,28)/t8-/m0/s1. The fourth-order valence-electron chi connectivity index (χ4n) is 2.99. The molecule has 0 fully saturated rings. The number of methoxy groups -OCH3 is 1. The van der Waals surface area contributed by atoms with E-state index in [0.717, 1.165) is 25.3 Å². The number of nitrogens with one attached hydrogen (secondary N) is 2. The van der Waals surface area contributed by atoms with E-state index in [2.05, 4.69) is 25.0 Å². The molecule has 0 spiro atoms. The number of aryl methyl sites for hydroxylation is 1. The van der Waals surface area contributed by atoms with Crippen molar-refractivity contribution in [3.05, 3.63) is 63.2 Å². The van der Waals surface area contributed by atoms with Crippen LogP contribution in [-0.2, 0) is 10.9 Å². The van der Waals surface area contributed by atoms with Crippen molar-refractivity contribution in [3.63, 3.8) is 0 Å². The number of ether oxygens (including phenoxy) is 1. The van der Waals surface area contributed by atoms with Gasteiger partial charge in [0, 0.05) is 6.04 Å². The average molecular weight is 424 g/mol. The highest BCUT2D eigenvalue weighted by atomic mass is 19.4. The molecule has 0 aliphatic heterocycles. The number of nitrogens with zero attached hydrogens (tertiary/aromatic N) is 2. The lowest BCUT2D eigenvalue weighted by Crippen LogP contribution is -2.18. The molecule has 7 nitrogen and oxygen atoms in total.